The summed E-state index contributed by atoms with van der Waals surface area (Å²) in [4.78, 5) is 15.2. The quantitative estimate of drug-likeness (QED) is 0.737. The molecule has 2 N–H and O–H groups in total. The first-order valence-corrected chi connectivity index (χ1v) is 8.03. The van der Waals surface area contributed by atoms with E-state index in [1.807, 2.05) is 42.6 Å². The van der Waals surface area contributed by atoms with Crippen molar-refractivity contribution in [2.24, 2.45) is 0 Å². The fourth-order valence-corrected chi connectivity index (χ4v) is 4.20. The number of carbonyl (C=O) groups is 1. The maximum atomic E-state index is 12.7. The van der Waals surface area contributed by atoms with Gasteiger partial charge in [0.15, 0.2) is 0 Å². The Morgan fingerprint density at radius 1 is 1.25 bits per heavy atom. The van der Waals surface area contributed by atoms with Crippen LogP contribution in [0.25, 0.3) is 9.40 Å². The fourth-order valence-electron chi connectivity index (χ4n) is 2.14. The van der Waals surface area contributed by atoms with Gasteiger partial charge in [0.25, 0.3) is 5.91 Å². The van der Waals surface area contributed by atoms with Crippen molar-refractivity contribution >= 4 is 49.4 Å². The highest BCUT2D eigenvalue weighted by Crippen LogP contribution is 2.31. The zero-order chi connectivity index (χ0) is 14.1. The minimum Gasteiger partial charge on any atom is -0.399 e. The number of thiophene rings is 2. The van der Waals surface area contributed by atoms with Crippen molar-refractivity contribution in [1.82, 2.24) is 0 Å². The van der Waals surface area contributed by atoms with Crippen molar-refractivity contribution in [2.45, 2.75) is 6.92 Å². The van der Waals surface area contributed by atoms with Crippen LogP contribution >= 0.6 is 22.7 Å². The molecule has 0 saturated heterocycles. The Morgan fingerprint density at radius 2 is 2.10 bits per heavy atom. The van der Waals surface area contributed by atoms with Crippen LogP contribution in [0.5, 0.6) is 0 Å². The van der Waals surface area contributed by atoms with E-state index in [2.05, 4.69) is 6.07 Å². The molecule has 0 aliphatic carbocycles. The van der Waals surface area contributed by atoms with Crippen LogP contribution in [0.15, 0.2) is 41.8 Å². The molecule has 5 heteroatoms. The summed E-state index contributed by atoms with van der Waals surface area (Å²) in [5, 5.41) is 2.05. The first-order chi connectivity index (χ1) is 9.69. The molecule has 3 nitrogen and oxygen atoms in total. The molecule has 0 bridgehead atoms. The third kappa shape index (κ3) is 2.30. The summed E-state index contributed by atoms with van der Waals surface area (Å²) in [5.41, 5.74) is 7.31. The van der Waals surface area contributed by atoms with Crippen molar-refractivity contribution < 1.29 is 4.79 Å². The second-order valence-electron chi connectivity index (χ2n) is 4.40. The van der Waals surface area contributed by atoms with Crippen LogP contribution in [0.4, 0.5) is 11.4 Å². The van der Waals surface area contributed by atoms with Crippen LogP contribution in [0, 0.1) is 0 Å². The standard InChI is InChI=1S/C15H14N2OS2/c1-2-17(11-5-3-4-10(16)8-11)15(18)14-9-13-12(20-14)6-7-19-13/h3-9H,2,16H2,1H3. The lowest BCUT2D eigenvalue weighted by atomic mass is 10.2. The first-order valence-electron chi connectivity index (χ1n) is 6.33. The molecule has 102 valence electrons. The Hall–Kier alpha value is -1.85. The van der Waals surface area contributed by atoms with Crippen molar-refractivity contribution in [3.8, 4) is 0 Å². The number of nitrogen functional groups attached to an aromatic ring is 1. The predicted molar refractivity (Wildman–Crippen MR) is 87.9 cm³/mol. The number of rotatable bonds is 3. The van der Waals surface area contributed by atoms with E-state index in [4.69, 9.17) is 5.73 Å². The van der Waals surface area contributed by atoms with Crippen LogP contribution in [0.2, 0.25) is 0 Å². The molecular weight excluding hydrogens is 288 g/mol. The normalized spacial score (nSPS) is 10.8. The molecule has 2 aromatic heterocycles. The number of carbonyl (C=O) groups excluding carboxylic acids is 1. The molecule has 2 heterocycles. The van der Waals surface area contributed by atoms with E-state index in [1.165, 1.54) is 9.40 Å². The Kier molecular flexibility index (Phi) is 3.46. The minimum atomic E-state index is 0.0338. The van der Waals surface area contributed by atoms with Gasteiger partial charge in [-0.3, -0.25) is 4.79 Å². The monoisotopic (exact) mass is 302 g/mol. The van der Waals surface area contributed by atoms with Crippen LogP contribution in [-0.2, 0) is 0 Å². The summed E-state index contributed by atoms with van der Waals surface area (Å²) in [6, 6.07) is 11.5. The number of amides is 1. The van der Waals surface area contributed by atoms with E-state index in [1.54, 1.807) is 27.6 Å². The average Bonchev–Trinajstić information content (AvgIpc) is 3.00. The Balaban J connectivity index is 1.96. The molecule has 3 aromatic rings. The highest BCUT2D eigenvalue weighted by molar-refractivity contribution is 7.27. The number of hydrogen-bond donors (Lipinski definition) is 1. The second kappa shape index (κ2) is 5.26. The Bertz CT molecular complexity index is 731. The summed E-state index contributed by atoms with van der Waals surface area (Å²) in [7, 11) is 0. The number of nitrogens with zero attached hydrogens (tertiary/aromatic N) is 1. The van der Waals surface area contributed by atoms with Gasteiger partial charge in [-0.05, 0) is 42.6 Å². The van der Waals surface area contributed by atoms with Gasteiger partial charge in [-0.15, -0.1) is 22.7 Å². The van der Waals surface area contributed by atoms with Gasteiger partial charge in [0.1, 0.15) is 0 Å². The zero-order valence-electron chi connectivity index (χ0n) is 11.0. The SMILES string of the molecule is CCN(C(=O)c1cc2sccc2s1)c1cccc(N)c1. The van der Waals surface area contributed by atoms with Crippen molar-refractivity contribution in [1.29, 1.82) is 0 Å². The highest BCUT2D eigenvalue weighted by Gasteiger charge is 2.19. The summed E-state index contributed by atoms with van der Waals surface area (Å²) >= 11 is 3.21. The molecule has 3 rings (SSSR count). The maximum absolute atomic E-state index is 12.7. The molecule has 1 aromatic carbocycles. The Labute approximate surface area is 125 Å². The number of fused-ring (bicyclic) bond motifs is 1. The van der Waals surface area contributed by atoms with E-state index in [0.29, 0.717) is 12.2 Å². The van der Waals surface area contributed by atoms with E-state index in [-0.39, 0.29) is 5.91 Å². The number of hydrogen-bond acceptors (Lipinski definition) is 4. The van der Waals surface area contributed by atoms with Gasteiger partial charge in [-0.1, -0.05) is 6.07 Å². The van der Waals surface area contributed by atoms with Crippen molar-refractivity contribution in [3.05, 3.63) is 46.7 Å². The number of benzene rings is 1. The molecule has 0 aliphatic rings. The molecule has 0 radical (unpaired) electrons. The van der Waals surface area contributed by atoms with E-state index < -0.39 is 0 Å². The van der Waals surface area contributed by atoms with Crippen LogP contribution in [0.1, 0.15) is 16.6 Å². The molecule has 0 aliphatic heterocycles. The average molecular weight is 302 g/mol. The Morgan fingerprint density at radius 3 is 2.80 bits per heavy atom. The number of nitrogens with two attached hydrogens (primary N) is 1. The predicted octanol–water partition coefficient (Wildman–Crippen LogP) is 4.21. The lowest BCUT2D eigenvalue weighted by Gasteiger charge is -2.20. The first kappa shape index (κ1) is 13.1. The molecule has 1 amide bonds. The van der Waals surface area contributed by atoms with E-state index in [0.717, 1.165) is 10.6 Å². The van der Waals surface area contributed by atoms with Crippen LogP contribution in [-0.4, -0.2) is 12.5 Å². The molecule has 0 unspecified atom stereocenters. The fraction of sp³-hybridized carbons (Fsp3) is 0.133. The minimum absolute atomic E-state index is 0.0338. The third-order valence-corrected chi connectivity index (χ3v) is 5.17. The van der Waals surface area contributed by atoms with Gasteiger partial charge >= 0.3 is 0 Å². The lowest BCUT2D eigenvalue weighted by Crippen LogP contribution is -2.29. The maximum Gasteiger partial charge on any atom is 0.268 e. The topological polar surface area (TPSA) is 46.3 Å². The lowest BCUT2D eigenvalue weighted by molar-refractivity contribution is 0.0992. The molecule has 0 atom stereocenters. The van der Waals surface area contributed by atoms with Gasteiger partial charge in [0, 0.05) is 27.3 Å². The van der Waals surface area contributed by atoms with Gasteiger partial charge in [0.2, 0.25) is 0 Å². The smallest absolute Gasteiger partial charge is 0.268 e. The summed E-state index contributed by atoms with van der Waals surface area (Å²) < 4.78 is 2.34. The molecule has 0 saturated carbocycles. The molecule has 20 heavy (non-hydrogen) atoms. The van der Waals surface area contributed by atoms with Gasteiger partial charge in [-0.25, -0.2) is 0 Å². The van der Waals surface area contributed by atoms with Crippen LogP contribution < -0.4 is 10.6 Å². The summed E-state index contributed by atoms with van der Waals surface area (Å²) in [5.74, 6) is 0.0338. The molecular formula is C15H14N2OS2. The summed E-state index contributed by atoms with van der Waals surface area (Å²) in [6.07, 6.45) is 0. The second-order valence-corrected chi connectivity index (χ2v) is 6.44. The van der Waals surface area contributed by atoms with Crippen molar-refractivity contribution in [2.75, 3.05) is 17.2 Å². The highest BCUT2D eigenvalue weighted by atomic mass is 32.1. The van der Waals surface area contributed by atoms with Gasteiger partial charge in [0.05, 0.1) is 4.88 Å². The van der Waals surface area contributed by atoms with Crippen molar-refractivity contribution in [3.63, 3.8) is 0 Å². The van der Waals surface area contributed by atoms with Crippen LogP contribution in [0.3, 0.4) is 0 Å². The van der Waals surface area contributed by atoms with E-state index >= 15 is 0 Å². The summed E-state index contributed by atoms with van der Waals surface area (Å²) in [6.45, 7) is 2.59. The largest absolute Gasteiger partial charge is 0.399 e. The van der Waals surface area contributed by atoms with Gasteiger partial charge in [-0.2, -0.15) is 0 Å². The number of anilines is 2. The third-order valence-electron chi connectivity index (χ3n) is 3.09. The molecule has 0 fully saturated rings. The molecule has 0 spiro atoms. The van der Waals surface area contributed by atoms with E-state index in [9.17, 15) is 4.79 Å². The van der Waals surface area contributed by atoms with Gasteiger partial charge < -0.3 is 10.6 Å². The zero-order valence-corrected chi connectivity index (χ0v) is 12.6.